The van der Waals surface area contributed by atoms with Crippen molar-refractivity contribution in [3.8, 4) is 0 Å². The smallest absolute Gasteiger partial charge is 0.305 e. The van der Waals surface area contributed by atoms with Gasteiger partial charge in [-0.2, -0.15) is 0 Å². The molecule has 0 aliphatic carbocycles. The average molecular weight is 479 g/mol. The first-order chi connectivity index (χ1) is 16.2. The number of hydrogen-bond acceptors (Lipinski definition) is 7. The summed E-state index contributed by atoms with van der Waals surface area (Å²) in [4.78, 5) is 11.5. The zero-order chi connectivity index (χ0) is 24.7. The van der Waals surface area contributed by atoms with E-state index in [1.54, 1.807) is 0 Å². The molecule has 33 heavy (non-hydrogen) atoms. The topological polar surface area (TPSA) is 105 Å². The van der Waals surface area contributed by atoms with Gasteiger partial charge in [0.2, 0.25) is 0 Å². The number of aliphatic hydroxyl groups is 3. The Hall–Kier alpha value is -0.730. The van der Waals surface area contributed by atoms with Crippen LogP contribution in [0, 0.1) is 0 Å². The molecule has 7 heteroatoms. The summed E-state index contributed by atoms with van der Waals surface area (Å²) in [5, 5.41) is 24.7. The number of aliphatic hydroxyl groups excluding tert-OH is 3. The molecule has 0 radical (unpaired) electrons. The van der Waals surface area contributed by atoms with Gasteiger partial charge in [-0.1, -0.05) is 96.8 Å². The summed E-state index contributed by atoms with van der Waals surface area (Å²) >= 11 is 0. The quantitative estimate of drug-likeness (QED) is 0.128. The third-order valence-corrected chi connectivity index (χ3v) is 5.18. The number of carbonyl (C=O) groups excluding carboxylic acids is 1. The molecule has 200 valence electrons. The van der Waals surface area contributed by atoms with Crippen molar-refractivity contribution in [1.29, 1.82) is 0 Å². The van der Waals surface area contributed by atoms with Crippen LogP contribution in [0.2, 0.25) is 0 Å². The highest BCUT2D eigenvalue weighted by Gasteiger charge is 2.02. The Balaban J connectivity index is 0. The van der Waals surface area contributed by atoms with Crippen LogP contribution in [0.4, 0.5) is 0 Å². The van der Waals surface area contributed by atoms with Gasteiger partial charge in [0.05, 0.1) is 46.2 Å². The van der Waals surface area contributed by atoms with E-state index in [-0.39, 0.29) is 32.4 Å². The largest absolute Gasteiger partial charge is 0.463 e. The molecule has 0 fully saturated rings. The molecule has 0 aromatic carbocycles. The molecule has 7 nitrogen and oxygen atoms in total. The molecule has 0 aromatic rings. The first-order valence-corrected chi connectivity index (χ1v) is 13.4. The fraction of sp³-hybridized carbons (Fsp3) is 0.962. The zero-order valence-electron chi connectivity index (χ0n) is 21.4. The van der Waals surface area contributed by atoms with E-state index in [1.807, 2.05) is 0 Å². The molecular weight excluding hydrogens is 424 g/mol. The van der Waals surface area contributed by atoms with E-state index in [4.69, 9.17) is 24.8 Å². The monoisotopic (exact) mass is 478 g/mol. The molecule has 0 aliphatic rings. The van der Waals surface area contributed by atoms with Crippen LogP contribution in [0.3, 0.4) is 0 Å². The highest BCUT2D eigenvalue weighted by Crippen LogP contribution is 2.13. The Morgan fingerprint density at radius 1 is 0.515 bits per heavy atom. The predicted octanol–water partition coefficient (Wildman–Crippen LogP) is 4.79. The van der Waals surface area contributed by atoms with Crippen LogP contribution in [0.15, 0.2) is 0 Å². The van der Waals surface area contributed by atoms with Crippen molar-refractivity contribution in [1.82, 2.24) is 0 Å². The summed E-state index contributed by atoms with van der Waals surface area (Å²) in [6.45, 7) is 3.93. The number of esters is 1. The summed E-state index contributed by atoms with van der Waals surface area (Å²) in [6, 6.07) is 0. The maximum atomic E-state index is 11.5. The van der Waals surface area contributed by atoms with Crippen LogP contribution in [-0.4, -0.2) is 74.1 Å². The lowest BCUT2D eigenvalue weighted by atomic mass is 10.0. The minimum Gasteiger partial charge on any atom is -0.463 e. The first kappa shape index (κ1) is 34.4. The van der Waals surface area contributed by atoms with Crippen molar-refractivity contribution >= 4 is 5.97 Å². The van der Waals surface area contributed by atoms with Crippen molar-refractivity contribution in [2.75, 3.05) is 52.9 Å². The standard InChI is InChI=1S/C22H44O4.C4H10O3/c1-2-3-4-5-6-7-8-9-10-11-12-13-14-15-16-17-22(24)26-21-20-25-19-18-23;5-1-3-7-4-2-6/h23H,2-21H2,1H3;5-6H,1-4H2. The van der Waals surface area contributed by atoms with Crippen LogP contribution in [0.1, 0.15) is 110 Å². The summed E-state index contributed by atoms with van der Waals surface area (Å²) < 4.78 is 14.7. The zero-order valence-corrected chi connectivity index (χ0v) is 21.4. The second kappa shape index (κ2) is 33.4. The van der Waals surface area contributed by atoms with Crippen LogP contribution in [0.25, 0.3) is 0 Å². The lowest BCUT2D eigenvalue weighted by molar-refractivity contribution is -0.145. The van der Waals surface area contributed by atoms with Crippen molar-refractivity contribution in [3.05, 3.63) is 0 Å². The molecule has 3 N–H and O–H groups in total. The van der Waals surface area contributed by atoms with E-state index >= 15 is 0 Å². The summed E-state index contributed by atoms with van der Waals surface area (Å²) in [7, 11) is 0. The molecule has 0 heterocycles. The summed E-state index contributed by atoms with van der Waals surface area (Å²) in [5.74, 6) is -0.132. The number of hydrogen-bond donors (Lipinski definition) is 3. The van der Waals surface area contributed by atoms with Crippen LogP contribution in [-0.2, 0) is 19.0 Å². The molecule has 0 unspecified atom stereocenters. The van der Waals surface area contributed by atoms with Gasteiger partial charge in [0.1, 0.15) is 6.61 Å². The molecule has 0 spiro atoms. The Labute approximate surface area is 203 Å². The second-order valence-corrected chi connectivity index (χ2v) is 8.32. The third-order valence-electron chi connectivity index (χ3n) is 5.18. The van der Waals surface area contributed by atoms with Gasteiger partial charge in [-0.05, 0) is 6.42 Å². The van der Waals surface area contributed by atoms with E-state index in [9.17, 15) is 4.79 Å². The van der Waals surface area contributed by atoms with E-state index in [1.165, 1.54) is 83.5 Å². The summed E-state index contributed by atoms with van der Waals surface area (Å²) in [5.41, 5.74) is 0. The number of ether oxygens (including phenoxy) is 3. The Bertz CT molecular complexity index is 350. The van der Waals surface area contributed by atoms with E-state index in [0.29, 0.717) is 32.8 Å². The lowest BCUT2D eigenvalue weighted by Crippen LogP contribution is -2.11. The van der Waals surface area contributed by atoms with Crippen molar-refractivity contribution in [2.24, 2.45) is 0 Å². The minimum absolute atomic E-state index is 0.00702. The molecule has 0 aliphatic heterocycles. The molecule has 0 atom stereocenters. The Morgan fingerprint density at radius 3 is 1.27 bits per heavy atom. The summed E-state index contributed by atoms with van der Waals surface area (Å²) in [6.07, 6.45) is 20.4. The van der Waals surface area contributed by atoms with Gasteiger partial charge in [-0.3, -0.25) is 4.79 Å². The van der Waals surface area contributed by atoms with Crippen LogP contribution >= 0.6 is 0 Å². The van der Waals surface area contributed by atoms with Gasteiger partial charge < -0.3 is 29.5 Å². The Kier molecular flexibility index (Phi) is 34.9. The van der Waals surface area contributed by atoms with Crippen molar-refractivity contribution < 1.29 is 34.3 Å². The second-order valence-electron chi connectivity index (χ2n) is 8.32. The number of rotatable bonds is 25. The van der Waals surface area contributed by atoms with Crippen molar-refractivity contribution in [2.45, 2.75) is 110 Å². The van der Waals surface area contributed by atoms with Crippen molar-refractivity contribution in [3.63, 3.8) is 0 Å². The number of carbonyl (C=O) groups is 1. The van der Waals surface area contributed by atoms with E-state index in [2.05, 4.69) is 11.7 Å². The fourth-order valence-electron chi connectivity index (χ4n) is 3.33. The van der Waals surface area contributed by atoms with E-state index < -0.39 is 0 Å². The van der Waals surface area contributed by atoms with Gasteiger partial charge >= 0.3 is 5.97 Å². The molecule has 0 rings (SSSR count). The SMILES string of the molecule is CCCCCCCCCCCCCCCCCC(=O)OCCOCCO.OCCOCCO. The van der Waals surface area contributed by atoms with Gasteiger partial charge in [-0.15, -0.1) is 0 Å². The molecule has 0 aromatic heterocycles. The molecule has 0 amide bonds. The molecule has 0 bridgehead atoms. The minimum atomic E-state index is -0.132. The maximum absolute atomic E-state index is 11.5. The first-order valence-electron chi connectivity index (χ1n) is 13.4. The van der Waals surface area contributed by atoms with Gasteiger partial charge in [-0.25, -0.2) is 0 Å². The number of unbranched alkanes of at least 4 members (excludes halogenated alkanes) is 14. The fourth-order valence-corrected chi connectivity index (χ4v) is 3.33. The lowest BCUT2D eigenvalue weighted by Gasteiger charge is -2.05. The highest BCUT2D eigenvalue weighted by molar-refractivity contribution is 5.69. The van der Waals surface area contributed by atoms with E-state index in [0.717, 1.165) is 12.8 Å². The Morgan fingerprint density at radius 2 is 0.879 bits per heavy atom. The molecular formula is C26H54O7. The van der Waals surface area contributed by atoms with Gasteiger partial charge in [0.25, 0.3) is 0 Å². The normalized spacial score (nSPS) is 10.7. The molecule has 0 saturated heterocycles. The predicted molar refractivity (Wildman–Crippen MR) is 133 cm³/mol. The average Bonchev–Trinajstić information content (AvgIpc) is 2.82. The van der Waals surface area contributed by atoms with Crippen LogP contribution < -0.4 is 0 Å². The van der Waals surface area contributed by atoms with Gasteiger partial charge in [0.15, 0.2) is 0 Å². The maximum Gasteiger partial charge on any atom is 0.305 e. The molecule has 0 saturated carbocycles. The van der Waals surface area contributed by atoms with Crippen LogP contribution in [0.5, 0.6) is 0 Å². The van der Waals surface area contributed by atoms with Gasteiger partial charge in [0, 0.05) is 6.42 Å². The third kappa shape index (κ3) is 36.0. The highest BCUT2D eigenvalue weighted by atomic mass is 16.6.